The monoisotopic (exact) mass is 407 g/mol. The van der Waals surface area contributed by atoms with Crippen LogP contribution in [-0.4, -0.2) is 40.1 Å². The maximum absolute atomic E-state index is 13.7. The highest BCUT2D eigenvalue weighted by Gasteiger charge is 2.41. The van der Waals surface area contributed by atoms with Gasteiger partial charge in [0.1, 0.15) is 5.75 Å². The van der Waals surface area contributed by atoms with Gasteiger partial charge in [-0.05, 0) is 30.7 Å². The van der Waals surface area contributed by atoms with Crippen molar-refractivity contribution >= 4 is 11.6 Å². The highest BCUT2D eigenvalue weighted by Crippen LogP contribution is 2.34. The number of ether oxygens (including phenoxy) is 2. The van der Waals surface area contributed by atoms with Crippen LogP contribution in [0.5, 0.6) is 11.6 Å². The first kappa shape index (κ1) is 20.1. The van der Waals surface area contributed by atoms with Crippen LogP contribution in [0.3, 0.4) is 0 Å². The molecule has 0 atom stereocenters. The van der Waals surface area contributed by atoms with Crippen molar-refractivity contribution in [3.63, 3.8) is 0 Å². The molecular formula is C18H16F3N5O3. The van der Waals surface area contributed by atoms with Gasteiger partial charge in [0.2, 0.25) is 5.88 Å². The molecule has 1 aromatic carbocycles. The third kappa shape index (κ3) is 4.13. The topological polar surface area (TPSA) is 91.2 Å². The summed E-state index contributed by atoms with van der Waals surface area (Å²) < 4.78 is 51.7. The number of carbonyl (C=O) groups excluding carboxylic acids is 1. The van der Waals surface area contributed by atoms with E-state index >= 15 is 0 Å². The van der Waals surface area contributed by atoms with E-state index in [1.54, 1.807) is 25.1 Å². The zero-order valence-corrected chi connectivity index (χ0v) is 15.6. The van der Waals surface area contributed by atoms with Crippen LogP contribution in [0.2, 0.25) is 0 Å². The molecule has 0 bridgehead atoms. The number of rotatable bonds is 5. The van der Waals surface area contributed by atoms with Crippen LogP contribution >= 0.6 is 0 Å². The van der Waals surface area contributed by atoms with Crippen LogP contribution in [0.1, 0.15) is 21.6 Å². The summed E-state index contributed by atoms with van der Waals surface area (Å²) in [6.45, 7) is 1.77. The zero-order chi connectivity index (χ0) is 21.2. The molecular weight excluding hydrogens is 391 g/mol. The second-order valence-corrected chi connectivity index (χ2v) is 5.91. The predicted octanol–water partition coefficient (Wildman–Crippen LogP) is 3.26. The minimum Gasteiger partial charge on any atom is -0.495 e. The van der Waals surface area contributed by atoms with Crippen molar-refractivity contribution in [1.82, 2.24) is 20.0 Å². The quantitative estimate of drug-likeness (QED) is 0.698. The second-order valence-electron chi connectivity index (χ2n) is 5.91. The zero-order valence-electron chi connectivity index (χ0n) is 15.6. The summed E-state index contributed by atoms with van der Waals surface area (Å²) in [5.41, 5.74) is -0.913. The number of methoxy groups -OCH3 is 2. The Hall–Kier alpha value is -3.63. The molecule has 0 saturated heterocycles. The maximum Gasteiger partial charge on any atom is 0.434 e. The fraction of sp³-hybridized carbons (Fsp3) is 0.222. The standard InChI is InChI=1S/C18H16F3N5O3/c1-10-4-5-13(28-2)12(8-10)23-17(27)11-9-22-26(16(11)18(19,20)21)14-6-7-15(29-3)25-24-14/h4-9H,1-3H3,(H,23,27). The number of anilines is 1. The summed E-state index contributed by atoms with van der Waals surface area (Å²) >= 11 is 0. The highest BCUT2D eigenvalue weighted by atomic mass is 19.4. The first-order valence-corrected chi connectivity index (χ1v) is 8.24. The van der Waals surface area contributed by atoms with Gasteiger partial charge in [-0.3, -0.25) is 4.79 Å². The van der Waals surface area contributed by atoms with Gasteiger partial charge in [-0.2, -0.15) is 18.3 Å². The minimum atomic E-state index is -4.87. The van der Waals surface area contributed by atoms with Gasteiger partial charge >= 0.3 is 6.18 Å². The third-order valence-corrected chi connectivity index (χ3v) is 3.94. The van der Waals surface area contributed by atoms with Gasteiger partial charge in [-0.15, -0.1) is 10.2 Å². The second kappa shape index (κ2) is 7.78. The van der Waals surface area contributed by atoms with Gasteiger partial charge in [0.05, 0.1) is 31.7 Å². The van der Waals surface area contributed by atoms with Gasteiger partial charge in [0, 0.05) is 6.07 Å². The molecule has 1 N–H and O–H groups in total. The molecule has 0 aliphatic carbocycles. The van der Waals surface area contributed by atoms with E-state index in [0.29, 0.717) is 10.4 Å². The van der Waals surface area contributed by atoms with Crippen LogP contribution in [0.4, 0.5) is 18.9 Å². The SMILES string of the molecule is COc1ccc(-n2ncc(C(=O)Nc3cc(C)ccc3OC)c2C(F)(F)F)nn1. The Morgan fingerprint density at radius 2 is 1.86 bits per heavy atom. The summed E-state index contributed by atoms with van der Waals surface area (Å²) in [5, 5.41) is 13.4. The minimum absolute atomic E-state index is 0.124. The molecule has 0 radical (unpaired) electrons. The van der Waals surface area contributed by atoms with Crippen LogP contribution < -0.4 is 14.8 Å². The number of halogens is 3. The molecule has 8 nitrogen and oxygen atoms in total. The van der Waals surface area contributed by atoms with Crippen LogP contribution in [0.25, 0.3) is 5.82 Å². The Morgan fingerprint density at radius 1 is 1.10 bits per heavy atom. The van der Waals surface area contributed by atoms with E-state index in [9.17, 15) is 18.0 Å². The van der Waals surface area contributed by atoms with Crippen LogP contribution in [-0.2, 0) is 6.18 Å². The summed E-state index contributed by atoms with van der Waals surface area (Å²) in [4.78, 5) is 12.6. The van der Waals surface area contributed by atoms with E-state index in [0.717, 1.165) is 11.8 Å². The molecule has 11 heteroatoms. The lowest BCUT2D eigenvalue weighted by atomic mass is 10.1. The predicted molar refractivity (Wildman–Crippen MR) is 96.4 cm³/mol. The summed E-state index contributed by atoms with van der Waals surface area (Å²) in [6.07, 6.45) is -4.05. The highest BCUT2D eigenvalue weighted by molar-refractivity contribution is 6.06. The number of aryl methyl sites for hydroxylation is 1. The molecule has 2 heterocycles. The molecule has 1 amide bonds. The van der Waals surface area contributed by atoms with E-state index < -0.39 is 23.3 Å². The van der Waals surface area contributed by atoms with Gasteiger partial charge in [-0.25, -0.2) is 4.68 Å². The Balaban J connectivity index is 2.02. The Bertz CT molecular complexity index is 1030. The molecule has 3 rings (SSSR count). The Kier molecular flexibility index (Phi) is 5.39. The van der Waals surface area contributed by atoms with Gasteiger partial charge in [0.15, 0.2) is 11.5 Å². The van der Waals surface area contributed by atoms with Gasteiger partial charge in [-0.1, -0.05) is 6.07 Å². The van der Waals surface area contributed by atoms with Gasteiger partial charge in [0.25, 0.3) is 5.91 Å². The van der Waals surface area contributed by atoms with E-state index in [1.165, 1.54) is 26.4 Å². The van der Waals surface area contributed by atoms with E-state index in [1.807, 2.05) is 0 Å². The largest absolute Gasteiger partial charge is 0.495 e. The average molecular weight is 407 g/mol. The normalized spacial score (nSPS) is 11.2. The van der Waals surface area contributed by atoms with Crippen molar-refractivity contribution in [2.75, 3.05) is 19.5 Å². The van der Waals surface area contributed by atoms with Crippen molar-refractivity contribution in [1.29, 1.82) is 0 Å². The number of alkyl halides is 3. The molecule has 0 aliphatic rings. The van der Waals surface area contributed by atoms with Crippen LogP contribution in [0.15, 0.2) is 36.5 Å². The smallest absolute Gasteiger partial charge is 0.434 e. The van der Waals surface area contributed by atoms with Crippen molar-refractivity contribution in [2.45, 2.75) is 13.1 Å². The fourth-order valence-electron chi connectivity index (χ4n) is 2.61. The van der Waals surface area contributed by atoms with E-state index in [2.05, 4.69) is 20.6 Å². The maximum atomic E-state index is 13.7. The molecule has 2 aromatic heterocycles. The Labute approximate surface area is 163 Å². The summed E-state index contributed by atoms with van der Waals surface area (Å²) in [6, 6.07) is 7.52. The number of benzene rings is 1. The lowest BCUT2D eigenvalue weighted by Crippen LogP contribution is -2.21. The number of amides is 1. The third-order valence-electron chi connectivity index (χ3n) is 3.94. The molecule has 0 unspecified atom stereocenters. The number of hydrogen-bond donors (Lipinski definition) is 1. The number of nitrogens with zero attached hydrogens (tertiary/aromatic N) is 4. The summed E-state index contributed by atoms with van der Waals surface area (Å²) in [5.74, 6) is -0.774. The fourth-order valence-corrected chi connectivity index (χ4v) is 2.61. The summed E-state index contributed by atoms with van der Waals surface area (Å²) in [7, 11) is 2.74. The van der Waals surface area contributed by atoms with Crippen molar-refractivity contribution in [2.24, 2.45) is 0 Å². The van der Waals surface area contributed by atoms with Crippen molar-refractivity contribution in [3.05, 3.63) is 53.3 Å². The van der Waals surface area contributed by atoms with Crippen LogP contribution in [0, 0.1) is 6.92 Å². The van der Waals surface area contributed by atoms with Crippen molar-refractivity contribution in [3.8, 4) is 17.4 Å². The molecule has 0 aliphatic heterocycles. The molecule has 0 saturated carbocycles. The van der Waals surface area contributed by atoms with E-state index in [-0.39, 0.29) is 17.4 Å². The number of hydrogen-bond acceptors (Lipinski definition) is 6. The Morgan fingerprint density at radius 3 is 2.45 bits per heavy atom. The number of nitrogens with one attached hydrogen (secondary N) is 1. The first-order valence-electron chi connectivity index (χ1n) is 8.24. The first-order chi connectivity index (χ1) is 13.7. The molecule has 152 valence electrons. The lowest BCUT2D eigenvalue weighted by Gasteiger charge is -2.13. The molecule has 0 fully saturated rings. The number of aromatic nitrogens is 4. The van der Waals surface area contributed by atoms with E-state index in [4.69, 9.17) is 9.47 Å². The lowest BCUT2D eigenvalue weighted by molar-refractivity contribution is -0.143. The number of carbonyl (C=O) groups is 1. The molecule has 29 heavy (non-hydrogen) atoms. The van der Waals surface area contributed by atoms with Gasteiger partial charge < -0.3 is 14.8 Å². The molecule has 0 spiro atoms. The average Bonchev–Trinajstić information content (AvgIpc) is 3.14. The molecule has 3 aromatic rings. The van der Waals surface area contributed by atoms with Crippen molar-refractivity contribution < 1.29 is 27.4 Å².